The van der Waals surface area contributed by atoms with Crippen LogP contribution >= 0.6 is 11.8 Å². The molecule has 1 aliphatic heterocycles. The van der Waals surface area contributed by atoms with E-state index >= 15 is 0 Å². The van der Waals surface area contributed by atoms with Gasteiger partial charge in [-0.3, -0.25) is 4.99 Å². The van der Waals surface area contributed by atoms with E-state index in [9.17, 15) is 0 Å². The van der Waals surface area contributed by atoms with Gasteiger partial charge in [0, 0.05) is 18.3 Å². The standard InChI is InChI=1S/C17H24N2S/c1-3-17(4-2)11-18-16(20-12-17)19-15-9-13-7-5-6-8-14(13)10-15/h5-8,15H,3-4,9-12H2,1-2H3,(H,18,19). The van der Waals surface area contributed by atoms with Gasteiger partial charge in [-0.1, -0.05) is 49.9 Å². The predicted molar refractivity (Wildman–Crippen MR) is 88.5 cm³/mol. The zero-order chi connectivity index (χ0) is 14.0. The fourth-order valence-corrected chi connectivity index (χ4v) is 4.50. The molecule has 2 nitrogen and oxygen atoms in total. The summed E-state index contributed by atoms with van der Waals surface area (Å²) in [5.41, 5.74) is 3.44. The quantitative estimate of drug-likeness (QED) is 0.918. The van der Waals surface area contributed by atoms with E-state index < -0.39 is 0 Å². The van der Waals surface area contributed by atoms with Crippen molar-refractivity contribution in [1.29, 1.82) is 0 Å². The molecule has 0 atom stereocenters. The monoisotopic (exact) mass is 288 g/mol. The van der Waals surface area contributed by atoms with Crippen LogP contribution < -0.4 is 5.32 Å². The predicted octanol–water partition coefficient (Wildman–Crippen LogP) is 3.65. The summed E-state index contributed by atoms with van der Waals surface area (Å²) in [6.07, 6.45) is 4.76. The Morgan fingerprint density at radius 1 is 1.20 bits per heavy atom. The van der Waals surface area contributed by atoms with Gasteiger partial charge in [-0.2, -0.15) is 0 Å². The summed E-state index contributed by atoms with van der Waals surface area (Å²) < 4.78 is 0. The number of amidine groups is 1. The molecule has 1 aromatic carbocycles. The number of aliphatic imine (C=N–C) groups is 1. The van der Waals surface area contributed by atoms with Gasteiger partial charge in [-0.15, -0.1) is 0 Å². The number of benzene rings is 1. The van der Waals surface area contributed by atoms with Crippen LogP contribution in [0.3, 0.4) is 0 Å². The van der Waals surface area contributed by atoms with Gasteiger partial charge < -0.3 is 5.32 Å². The Morgan fingerprint density at radius 3 is 2.35 bits per heavy atom. The van der Waals surface area contributed by atoms with Crippen molar-refractivity contribution in [1.82, 2.24) is 5.32 Å². The zero-order valence-corrected chi connectivity index (χ0v) is 13.3. The Hall–Kier alpha value is -0.960. The van der Waals surface area contributed by atoms with Gasteiger partial charge in [0.15, 0.2) is 5.17 Å². The SMILES string of the molecule is CCC1(CC)CN=C(NC2Cc3ccccc3C2)SC1. The molecule has 3 heteroatoms. The Kier molecular flexibility index (Phi) is 4.06. The summed E-state index contributed by atoms with van der Waals surface area (Å²) >= 11 is 1.92. The molecule has 0 aromatic heterocycles. The van der Waals surface area contributed by atoms with Crippen LogP contribution in [0.4, 0.5) is 0 Å². The second-order valence-corrected chi connectivity index (χ2v) is 7.10. The van der Waals surface area contributed by atoms with E-state index in [2.05, 4.69) is 43.4 Å². The first-order chi connectivity index (χ1) is 9.74. The smallest absolute Gasteiger partial charge is 0.156 e. The second kappa shape index (κ2) is 5.80. The zero-order valence-electron chi connectivity index (χ0n) is 12.5. The highest BCUT2D eigenvalue weighted by atomic mass is 32.2. The average molecular weight is 288 g/mol. The molecule has 3 rings (SSSR count). The molecule has 0 saturated heterocycles. The molecule has 0 spiro atoms. The van der Waals surface area contributed by atoms with Crippen molar-refractivity contribution in [2.24, 2.45) is 10.4 Å². The molecule has 1 aliphatic carbocycles. The summed E-state index contributed by atoms with van der Waals surface area (Å²) in [4.78, 5) is 4.82. The van der Waals surface area contributed by atoms with E-state index in [0.29, 0.717) is 11.5 Å². The molecule has 108 valence electrons. The topological polar surface area (TPSA) is 24.4 Å². The first-order valence-electron chi connectivity index (χ1n) is 7.75. The number of hydrogen-bond donors (Lipinski definition) is 1. The maximum Gasteiger partial charge on any atom is 0.156 e. The Morgan fingerprint density at radius 2 is 1.85 bits per heavy atom. The molecule has 0 unspecified atom stereocenters. The lowest BCUT2D eigenvalue weighted by molar-refractivity contribution is 0.318. The third kappa shape index (κ3) is 2.73. The minimum absolute atomic E-state index is 0.439. The van der Waals surface area contributed by atoms with Crippen LogP contribution in [0.15, 0.2) is 29.3 Å². The van der Waals surface area contributed by atoms with Gasteiger partial charge in [0.1, 0.15) is 0 Å². The van der Waals surface area contributed by atoms with Crippen molar-refractivity contribution in [2.75, 3.05) is 12.3 Å². The summed E-state index contributed by atoms with van der Waals surface area (Å²) in [6.45, 7) is 5.59. The first kappa shape index (κ1) is 14.0. The molecule has 0 saturated carbocycles. The highest BCUT2D eigenvalue weighted by Crippen LogP contribution is 2.35. The van der Waals surface area contributed by atoms with Crippen molar-refractivity contribution in [3.63, 3.8) is 0 Å². The lowest BCUT2D eigenvalue weighted by Crippen LogP contribution is -2.39. The number of nitrogens with one attached hydrogen (secondary N) is 1. The van der Waals surface area contributed by atoms with Gasteiger partial charge in [-0.05, 0) is 42.2 Å². The van der Waals surface area contributed by atoms with E-state index in [4.69, 9.17) is 4.99 Å². The fourth-order valence-electron chi connectivity index (χ4n) is 3.15. The fraction of sp³-hybridized carbons (Fsp3) is 0.588. The third-order valence-electron chi connectivity index (χ3n) is 4.95. The summed E-state index contributed by atoms with van der Waals surface area (Å²) in [7, 11) is 0. The number of rotatable bonds is 3. The Balaban J connectivity index is 1.60. The number of nitrogens with zero attached hydrogens (tertiary/aromatic N) is 1. The molecule has 0 radical (unpaired) electrons. The van der Waals surface area contributed by atoms with Gasteiger partial charge in [0.25, 0.3) is 0 Å². The van der Waals surface area contributed by atoms with Gasteiger partial charge in [-0.25, -0.2) is 0 Å². The van der Waals surface area contributed by atoms with E-state index in [1.807, 2.05) is 11.8 Å². The third-order valence-corrected chi connectivity index (χ3v) is 6.23. The van der Waals surface area contributed by atoms with Crippen LogP contribution in [0.2, 0.25) is 0 Å². The largest absolute Gasteiger partial charge is 0.362 e. The average Bonchev–Trinajstić information content (AvgIpc) is 2.90. The van der Waals surface area contributed by atoms with Crippen LogP contribution in [0, 0.1) is 5.41 Å². The minimum atomic E-state index is 0.439. The first-order valence-corrected chi connectivity index (χ1v) is 8.74. The van der Waals surface area contributed by atoms with Crippen molar-refractivity contribution in [3.8, 4) is 0 Å². The van der Waals surface area contributed by atoms with Gasteiger partial charge >= 0.3 is 0 Å². The van der Waals surface area contributed by atoms with Crippen LogP contribution in [0.5, 0.6) is 0 Å². The molecular formula is C17H24N2S. The summed E-state index contributed by atoms with van der Waals surface area (Å²) in [5, 5.41) is 4.83. The Labute approximate surface area is 126 Å². The molecular weight excluding hydrogens is 264 g/mol. The van der Waals surface area contributed by atoms with Crippen LogP contribution in [-0.2, 0) is 12.8 Å². The lowest BCUT2D eigenvalue weighted by Gasteiger charge is -2.34. The van der Waals surface area contributed by atoms with E-state index in [1.54, 1.807) is 0 Å². The normalized spacial score (nSPS) is 21.4. The number of thioether (sulfide) groups is 1. The summed E-state index contributed by atoms with van der Waals surface area (Å²) in [5.74, 6) is 1.21. The van der Waals surface area contributed by atoms with E-state index in [-0.39, 0.29) is 0 Å². The molecule has 1 N–H and O–H groups in total. The molecule has 1 heterocycles. The molecule has 0 bridgehead atoms. The highest BCUT2D eigenvalue weighted by Gasteiger charge is 2.31. The van der Waals surface area contributed by atoms with Gasteiger partial charge in [0.05, 0.1) is 0 Å². The molecule has 1 aromatic rings. The highest BCUT2D eigenvalue weighted by molar-refractivity contribution is 8.13. The van der Waals surface area contributed by atoms with E-state index in [1.165, 1.54) is 34.9 Å². The molecule has 0 amide bonds. The maximum absolute atomic E-state index is 4.82. The van der Waals surface area contributed by atoms with E-state index in [0.717, 1.165) is 19.4 Å². The number of hydrogen-bond acceptors (Lipinski definition) is 3. The second-order valence-electron chi connectivity index (χ2n) is 6.14. The molecule has 0 fully saturated rings. The van der Waals surface area contributed by atoms with Crippen LogP contribution in [0.25, 0.3) is 0 Å². The number of fused-ring (bicyclic) bond motifs is 1. The van der Waals surface area contributed by atoms with Crippen molar-refractivity contribution < 1.29 is 0 Å². The maximum atomic E-state index is 4.82. The summed E-state index contributed by atoms with van der Waals surface area (Å²) in [6, 6.07) is 9.34. The van der Waals surface area contributed by atoms with Crippen molar-refractivity contribution in [3.05, 3.63) is 35.4 Å². The molecule has 20 heavy (non-hydrogen) atoms. The van der Waals surface area contributed by atoms with Crippen molar-refractivity contribution >= 4 is 16.9 Å². The lowest BCUT2D eigenvalue weighted by atomic mass is 9.84. The van der Waals surface area contributed by atoms with Crippen LogP contribution in [0.1, 0.15) is 37.8 Å². The van der Waals surface area contributed by atoms with Crippen molar-refractivity contribution in [2.45, 2.75) is 45.6 Å². The minimum Gasteiger partial charge on any atom is -0.362 e. The van der Waals surface area contributed by atoms with Crippen LogP contribution in [-0.4, -0.2) is 23.5 Å². The van der Waals surface area contributed by atoms with Gasteiger partial charge in [0.2, 0.25) is 0 Å². The molecule has 2 aliphatic rings. The Bertz CT molecular complexity index is 480.